The number of nitrogen functional groups attached to an aromatic ring is 1. The van der Waals surface area contributed by atoms with Gasteiger partial charge >= 0.3 is 0 Å². The molecule has 0 aliphatic rings. The zero-order chi connectivity index (χ0) is 11.3. The minimum Gasteiger partial charge on any atom is -0.399 e. The van der Waals surface area contributed by atoms with Crippen molar-refractivity contribution < 1.29 is 4.79 Å². The summed E-state index contributed by atoms with van der Waals surface area (Å²) in [6.45, 7) is 5.56. The topological polar surface area (TPSA) is 55.1 Å². The number of carbonyl (C=O) groups is 1. The van der Waals surface area contributed by atoms with Gasteiger partial charge in [0, 0.05) is 17.3 Å². The number of hydrogen-bond donors (Lipinski definition) is 2. The lowest BCUT2D eigenvalue weighted by atomic mass is 10.1. The van der Waals surface area contributed by atoms with Crippen molar-refractivity contribution in [1.82, 2.24) is 5.32 Å². The summed E-state index contributed by atoms with van der Waals surface area (Å²) >= 11 is 0. The van der Waals surface area contributed by atoms with Crippen LogP contribution in [0.5, 0.6) is 0 Å². The van der Waals surface area contributed by atoms with Crippen LogP contribution in [0.3, 0.4) is 0 Å². The summed E-state index contributed by atoms with van der Waals surface area (Å²) in [6.07, 6.45) is 2.54. The summed E-state index contributed by atoms with van der Waals surface area (Å²) in [4.78, 5) is 11.7. The van der Waals surface area contributed by atoms with Crippen molar-refractivity contribution in [1.29, 1.82) is 0 Å². The first kappa shape index (κ1) is 14.5. The van der Waals surface area contributed by atoms with Gasteiger partial charge in [0.05, 0.1) is 0 Å². The number of amides is 1. The van der Waals surface area contributed by atoms with E-state index in [2.05, 4.69) is 11.9 Å². The molecule has 3 N–H and O–H groups in total. The molecule has 0 saturated heterocycles. The van der Waals surface area contributed by atoms with E-state index in [0.717, 1.165) is 6.42 Å². The Morgan fingerprint density at radius 2 is 2.31 bits per heavy atom. The number of carbonyl (C=O) groups excluding carboxylic acids is 1. The highest BCUT2D eigenvalue weighted by Gasteiger charge is 2.08. The molecule has 0 saturated carbocycles. The van der Waals surface area contributed by atoms with E-state index in [-0.39, 0.29) is 24.4 Å². The van der Waals surface area contributed by atoms with E-state index in [1.807, 2.05) is 6.92 Å². The van der Waals surface area contributed by atoms with Gasteiger partial charge in [-0.15, -0.1) is 19.0 Å². The average molecular weight is 241 g/mol. The summed E-state index contributed by atoms with van der Waals surface area (Å²) in [5.74, 6) is -0.100. The summed E-state index contributed by atoms with van der Waals surface area (Å²) in [5, 5.41) is 2.86. The van der Waals surface area contributed by atoms with Crippen LogP contribution in [0, 0.1) is 0 Å². The van der Waals surface area contributed by atoms with Crippen molar-refractivity contribution in [3.8, 4) is 0 Å². The molecule has 1 atom stereocenters. The second-order valence-electron chi connectivity index (χ2n) is 3.52. The van der Waals surface area contributed by atoms with Crippen LogP contribution in [-0.2, 0) is 0 Å². The van der Waals surface area contributed by atoms with E-state index in [1.165, 1.54) is 0 Å². The van der Waals surface area contributed by atoms with Crippen molar-refractivity contribution in [2.75, 3.05) is 5.73 Å². The van der Waals surface area contributed by atoms with Gasteiger partial charge in [-0.3, -0.25) is 4.79 Å². The van der Waals surface area contributed by atoms with E-state index in [9.17, 15) is 4.79 Å². The van der Waals surface area contributed by atoms with E-state index in [0.29, 0.717) is 11.3 Å². The SMILES string of the molecule is C=CCC(C)NC(=O)c1cccc(N)c1.Cl. The number of anilines is 1. The second-order valence-corrected chi connectivity index (χ2v) is 3.52. The summed E-state index contributed by atoms with van der Waals surface area (Å²) in [7, 11) is 0. The van der Waals surface area contributed by atoms with Crippen LogP contribution in [0.2, 0.25) is 0 Å². The van der Waals surface area contributed by atoms with Crippen LogP contribution in [0.4, 0.5) is 5.69 Å². The third kappa shape index (κ3) is 4.36. The van der Waals surface area contributed by atoms with Gasteiger partial charge in [-0.05, 0) is 31.5 Å². The van der Waals surface area contributed by atoms with Crippen molar-refractivity contribution in [2.45, 2.75) is 19.4 Å². The lowest BCUT2D eigenvalue weighted by Crippen LogP contribution is -2.32. The second kappa shape index (κ2) is 6.90. The highest BCUT2D eigenvalue weighted by molar-refractivity contribution is 5.95. The Balaban J connectivity index is 0.00000225. The maximum Gasteiger partial charge on any atom is 0.251 e. The Bertz CT molecular complexity index is 366. The maximum absolute atomic E-state index is 11.7. The fourth-order valence-electron chi connectivity index (χ4n) is 1.30. The smallest absolute Gasteiger partial charge is 0.251 e. The number of halogens is 1. The predicted octanol–water partition coefficient (Wildman–Crippen LogP) is 2.39. The number of nitrogens with two attached hydrogens (primary N) is 1. The Morgan fingerprint density at radius 3 is 2.88 bits per heavy atom. The molecule has 3 nitrogen and oxygen atoms in total. The molecular weight excluding hydrogens is 224 g/mol. The van der Waals surface area contributed by atoms with Gasteiger partial charge in [-0.25, -0.2) is 0 Å². The quantitative estimate of drug-likeness (QED) is 0.627. The number of rotatable bonds is 4. The predicted molar refractivity (Wildman–Crippen MR) is 69.8 cm³/mol. The first-order chi connectivity index (χ1) is 7.13. The molecule has 0 heterocycles. The van der Waals surface area contributed by atoms with Crippen molar-refractivity contribution in [3.05, 3.63) is 42.5 Å². The zero-order valence-corrected chi connectivity index (χ0v) is 10.1. The van der Waals surface area contributed by atoms with Gasteiger partial charge in [0.25, 0.3) is 5.91 Å². The lowest BCUT2D eigenvalue weighted by molar-refractivity contribution is 0.0940. The molecule has 0 spiro atoms. The highest BCUT2D eigenvalue weighted by atomic mass is 35.5. The van der Waals surface area contributed by atoms with Crippen molar-refractivity contribution in [3.63, 3.8) is 0 Å². The Morgan fingerprint density at radius 1 is 1.62 bits per heavy atom. The summed E-state index contributed by atoms with van der Waals surface area (Å²) in [5.41, 5.74) is 6.77. The molecule has 1 amide bonds. The Kier molecular flexibility index (Phi) is 6.27. The summed E-state index contributed by atoms with van der Waals surface area (Å²) in [6, 6.07) is 7.02. The van der Waals surface area contributed by atoms with Gasteiger partial charge in [0.1, 0.15) is 0 Å². The van der Waals surface area contributed by atoms with E-state index in [1.54, 1.807) is 30.3 Å². The number of hydrogen-bond acceptors (Lipinski definition) is 2. The monoisotopic (exact) mass is 240 g/mol. The summed E-state index contributed by atoms with van der Waals surface area (Å²) < 4.78 is 0. The molecule has 0 fully saturated rings. The fourth-order valence-corrected chi connectivity index (χ4v) is 1.30. The van der Waals surface area contributed by atoms with Gasteiger partial charge in [-0.2, -0.15) is 0 Å². The first-order valence-electron chi connectivity index (χ1n) is 4.90. The molecular formula is C12H17ClN2O. The Labute approximate surface area is 102 Å². The largest absolute Gasteiger partial charge is 0.399 e. The maximum atomic E-state index is 11.7. The fraction of sp³-hybridized carbons (Fsp3) is 0.250. The standard InChI is InChI=1S/C12H16N2O.ClH/c1-3-5-9(2)14-12(15)10-6-4-7-11(13)8-10;/h3-4,6-9H,1,5,13H2,2H3,(H,14,15);1H. The molecule has 0 aliphatic heterocycles. The van der Waals surface area contributed by atoms with Gasteiger partial charge in [0.15, 0.2) is 0 Å². The van der Waals surface area contributed by atoms with E-state index in [4.69, 9.17) is 5.73 Å². The minimum atomic E-state index is -0.100. The molecule has 0 bridgehead atoms. The van der Waals surface area contributed by atoms with Crippen LogP contribution in [0.1, 0.15) is 23.7 Å². The Hall–Kier alpha value is -1.48. The lowest BCUT2D eigenvalue weighted by Gasteiger charge is -2.11. The van der Waals surface area contributed by atoms with Gasteiger partial charge < -0.3 is 11.1 Å². The first-order valence-corrected chi connectivity index (χ1v) is 4.90. The van der Waals surface area contributed by atoms with Crippen molar-refractivity contribution >= 4 is 24.0 Å². The molecule has 88 valence electrons. The third-order valence-electron chi connectivity index (χ3n) is 2.05. The third-order valence-corrected chi connectivity index (χ3v) is 2.05. The molecule has 0 radical (unpaired) electrons. The molecule has 0 aromatic heterocycles. The van der Waals surface area contributed by atoms with Gasteiger partial charge in [-0.1, -0.05) is 12.1 Å². The van der Waals surface area contributed by atoms with Crippen LogP contribution in [0.15, 0.2) is 36.9 Å². The van der Waals surface area contributed by atoms with Crippen LogP contribution < -0.4 is 11.1 Å². The van der Waals surface area contributed by atoms with Crippen LogP contribution >= 0.6 is 12.4 Å². The zero-order valence-electron chi connectivity index (χ0n) is 9.27. The molecule has 4 heteroatoms. The van der Waals surface area contributed by atoms with E-state index >= 15 is 0 Å². The van der Waals surface area contributed by atoms with Crippen molar-refractivity contribution in [2.24, 2.45) is 0 Å². The molecule has 1 aromatic rings. The van der Waals surface area contributed by atoms with Crippen LogP contribution in [0.25, 0.3) is 0 Å². The number of benzene rings is 1. The molecule has 1 unspecified atom stereocenters. The molecule has 16 heavy (non-hydrogen) atoms. The highest BCUT2D eigenvalue weighted by Crippen LogP contribution is 2.06. The number of nitrogens with one attached hydrogen (secondary N) is 1. The normalized spacial score (nSPS) is 11.1. The van der Waals surface area contributed by atoms with Crippen LogP contribution in [-0.4, -0.2) is 11.9 Å². The van der Waals surface area contributed by atoms with Gasteiger partial charge in [0.2, 0.25) is 0 Å². The van der Waals surface area contributed by atoms with E-state index < -0.39 is 0 Å². The molecule has 1 aromatic carbocycles. The average Bonchev–Trinajstić information content (AvgIpc) is 2.18. The minimum absolute atomic E-state index is 0. The molecule has 0 aliphatic carbocycles. The molecule has 1 rings (SSSR count).